The van der Waals surface area contributed by atoms with Crippen LogP contribution in [0.1, 0.15) is 103 Å². The SMILES string of the molecule is PC(CC1CCCCC1)(PC1CCCCC1)C1CCCCC1. The van der Waals surface area contributed by atoms with E-state index in [4.69, 9.17) is 0 Å². The first-order valence-corrected chi connectivity index (χ1v) is 12.0. The summed E-state index contributed by atoms with van der Waals surface area (Å²) in [5.74, 6) is 2.10. The number of rotatable bonds is 5. The lowest BCUT2D eigenvalue weighted by Crippen LogP contribution is -2.33. The molecule has 2 heteroatoms. The fourth-order valence-electron chi connectivity index (χ4n) is 5.46. The second-order valence-electron chi connectivity index (χ2n) is 8.56. The highest BCUT2D eigenvalue weighted by atomic mass is 31.1. The molecule has 0 nitrogen and oxygen atoms in total. The van der Waals surface area contributed by atoms with Crippen LogP contribution in [0.5, 0.6) is 0 Å². The molecule has 3 rings (SSSR count). The minimum Gasteiger partial charge on any atom is -0.126 e. The van der Waals surface area contributed by atoms with Crippen LogP contribution in [0.25, 0.3) is 0 Å². The number of hydrogen-bond acceptors (Lipinski definition) is 0. The summed E-state index contributed by atoms with van der Waals surface area (Å²) < 4.78 is 0. The summed E-state index contributed by atoms with van der Waals surface area (Å²) >= 11 is 0. The molecule has 0 amide bonds. The zero-order valence-electron chi connectivity index (χ0n) is 14.6. The van der Waals surface area contributed by atoms with Gasteiger partial charge in [0.2, 0.25) is 0 Å². The highest BCUT2D eigenvalue weighted by Crippen LogP contribution is 2.58. The van der Waals surface area contributed by atoms with Gasteiger partial charge in [-0.2, -0.15) is 0 Å². The fraction of sp³-hybridized carbons (Fsp3) is 1.00. The van der Waals surface area contributed by atoms with Crippen LogP contribution in [0.4, 0.5) is 0 Å². The summed E-state index contributed by atoms with van der Waals surface area (Å²) in [4.78, 5) is 0.629. The maximum atomic E-state index is 3.49. The lowest BCUT2D eigenvalue weighted by molar-refractivity contribution is 0.263. The molecular formula is C20H38P2. The van der Waals surface area contributed by atoms with E-state index in [1.165, 1.54) is 92.1 Å². The molecule has 3 fully saturated rings. The Hall–Kier alpha value is 0.860. The predicted molar refractivity (Wildman–Crippen MR) is 105 cm³/mol. The van der Waals surface area contributed by atoms with Crippen LogP contribution in [0.15, 0.2) is 0 Å². The van der Waals surface area contributed by atoms with Crippen LogP contribution in [0.2, 0.25) is 0 Å². The Kier molecular flexibility index (Phi) is 7.08. The van der Waals surface area contributed by atoms with E-state index in [0.29, 0.717) is 4.90 Å². The highest BCUT2D eigenvalue weighted by Gasteiger charge is 2.39. The smallest absolute Gasteiger partial charge is 0.00545 e. The molecule has 0 aromatic rings. The maximum absolute atomic E-state index is 3.49. The molecule has 22 heavy (non-hydrogen) atoms. The van der Waals surface area contributed by atoms with Crippen molar-refractivity contribution < 1.29 is 0 Å². The van der Waals surface area contributed by atoms with E-state index in [1.807, 2.05) is 0 Å². The Balaban J connectivity index is 1.64. The van der Waals surface area contributed by atoms with Gasteiger partial charge in [-0.15, -0.1) is 17.8 Å². The van der Waals surface area contributed by atoms with Crippen LogP contribution < -0.4 is 0 Å². The first-order chi connectivity index (χ1) is 10.8. The summed E-state index contributed by atoms with van der Waals surface area (Å²) in [5, 5.41) is 0. The maximum Gasteiger partial charge on any atom is 0.00545 e. The van der Waals surface area contributed by atoms with Gasteiger partial charge in [0.15, 0.2) is 0 Å². The van der Waals surface area contributed by atoms with E-state index >= 15 is 0 Å². The van der Waals surface area contributed by atoms with Crippen molar-refractivity contribution in [1.29, 1.82) is 0 Å². The van der Waals surface area contributed by atoms with Crippen LogP contribution in [0.3, 0.4) is 0 Å². The van der Waals surface area contributed by atoms with Crippen LogP contribution in [-0.2, 0) is 0 Å². The molecule has 0 heterocycles. The monoisotopic (exact) mass is 340 g/mol. The Bertz CT molecular complexity index is 290. The lowest BCUT2D eigenvalue weighted by Gasteiger charge is -2.45. The van der Waals surface area contributed by atoms with Gasteiger partial charge in [-0.05, 0) is 49.6 Å². The molecule has 128 valence electrons. The van der Waals surface area contributed by atoms with E-state index in [9.17, 15) is 0 Å². The molecule has 3 saturated carbocycles. The van der Waals surface area contributed by atoms with Crippen molar-refractivity contribution >= 4 is 17.8 Å². The van der Waals surface area contributed by atoms with Gasteiger partial charge in [0, 0.05) is 4.90 Å². The second kappa shape index (κ2) is 8.81. The topological polar surface area (TPSA) is 0 Å². The summed E-state index contributed by atoms with van der Waals surface area (Å²) in [6.45, 7) is 0. The van der Waals surface area contributed by atoms with E-state index in [1.54, 1.807) is 19.3 Å². The van der Waals surface area contributed by atoms with E-state index in [0.717, 1.165) is 17.5 Å². The third-order valence-corrected chi connectivity index (χ3v) is 10.1. The third kappa shape index (κ3) is 4.93. The summed E-state index contributed by atoms with van der Waals surface area (Å²) in [6, 6.07) is 0. The van der Waals surface area contributed by atoms with Crippen molar-refractivity contribution in [3.05, 3.63) is 0 Å². The van der Waals surface area contributed by atoms with Crippen molar-refractivity contribution in [2.24, 2.45) is 11.8 Å². The van der Waals surface area contributed by atoms with Gasteiger partial charge in [-0.25, -0.2) is 0 Å². The predicted octanol–water partition coefficient (Wildman–Crippen LogP) is 7.12. The molecule has 0 N–H and O–H groups in total. The van der Waals surface area contributed by atoms with Gasteiger partial charge in [0.1, 0.15) is 0 Å². The first kappa shape index (κ1) is 17.7. The second-order valence-corrected chi connectivity index (χ2v) is 12.2. The standard InChI is InChI=1S/C20H38P2/c21-20(18-12-6-2-7-13-18,16-17-10-4-1-5-11-17)22-19-14-8-3-9-15-19/h17-19,22H,1-16,21H2. The van der Waals surface area contributed by atoms with Crippen molar-refractivity contribution in [1.82, 2.24) is 0 Å². The van der Waals surface area contributed by atoms with Crippen LogP contribution in [-0.4, -0.2) is 10.6 Å². The van der Waals surface area contributed by atoms with Gasteiger partial charge in [-0.3, -0.25) is 0 Å². The third-order valence-electron chi connectivity index (χ3n) is 6.76. The Morgan fingerprint density at radius 2 is 1.18 bits per heavy atom. The van der Waals surface area contributed by atoms with Gasteiger partial charge in [-0.1, -0.05) is 70.6 Å². The van der Waals surface area contributed by atoms with Crippen LogP contribution >= 0.6 is 17.8 Å². The number of hydrogen-bond donors (Lipinski definition) is 0. The molecule has 0 saturated heterocycles. The molecule has 0 bridgehead atoms. The summed E-state index contributed by atoms with van der Waals surface area (Å²) in [6.07, 6.45) is 24.4. The molecule has 0 aromatic carbocycles. The summed E-state index contributed by atoms with van der Waals surface area (Å²) in [5.41, 5.74) is 1.08. The molecule has 3 aliphatic rings. The van der Waals surface area contributed by atoms with Crippen molar-refractivity contribution in [3.8, 4) is 0 Å². The molecule has 3 atom stereocenters. The van der Waals surface area contributed by atoms with Crippen molar-refractivity contribution in [3.63, 3.8) is 0 Å². The van der Waals surface area contributed by atoms with E-state index in [2.05, 4.69) is 9.24 Å². The van der Waals surface area contributed by atoms with E-state index < -0.39 is 0 Å². The summed E-state index contributed by atoms with van der Waals surface area (Å²) in [7, 11) is 4.74. The van der Waals surface area contributed by atoms with Gasteiger partial charge in [0.05, 0.1) is 0 Å². The first-order valence-electron chi connectivity index (χ1n) is 10.3. The Labute approximate surface area is 143 Å². The fourth-order valence-corrected chi connectivity index (χ4v) is 9.22. The molecule has 0 radical (unpaired) electrons. The van der Waals surface area contributed by atoms with Gasteiger partial charge >= 0.3 is 0 Å². The average molecular weight is 340 g/mol. The minimum absolute atomic E-state index is 0.629. The molecule has 0 aliphatic heterocycles. The molecule has 3 aliphatic carbocycles. The lowest BCUT2D eigenvalue weighted by atomic mass is 9.79. The Morgan fingerprint density at radius 1 is 0.682 bits per heavy atom. The average Bonchev–Trinajstić information content (AvgIpc) is 2.57. The molecule has 0 aromatic heterocycles. The molecular weight excluding hydrogens is 302 g/mol. The molecule has 0 spiro atoms. The minimum atomic E-state index is 0.629. The van der Waals surface area contributed by atoms with Crippen molar-refractivity contribution in [2.75, 3.05) is 0 Å². The van der Waals surface area contributed by atoms with Crippen molar-refractivity contribution in [2.45, 2.75) is 113 Å². The van der Waals surface area contributed by atoms with Crippen LogP contribution in [0, 0.1) is 11.8 Å². The highest BCUT2D eigenvalue weighted by molar-refractivity contribution is 7.52. The largest absolute Gasteiger partial charge is 0.126 e. The molecule has 3 unspecified atom stereocenters. The normalized spacial score (nSPS) is 29.9. The zero-order valence-corrected chi connectivity index (χ0v) is 16.8. The quantitative estimate of drug-likeness (QED) is 0.467. The van der Waals surface area contributed by atoms with Gasteiger partial charge in [0.25, 0.3) is 0 Å². The zero-order chi connectivity index (χ0) is 15.3. The van der Waals surface area contributed by atoms with E-state index in [-0.39, 0.29) is 0 Å². The van der Waals surface area contributed by atoms with Gasteiger partial charge < -0.3 is 0 Å². The Morgan fingerprint density at radius 3 is 1.77 bits per heavy atom.